The van der Waals surface area contributed by atoms with E-state index in [0.717, 1.165) is 101 Å². The summed E-state index contributed by atoms with van der Waals surface area (Å²) in [6, 6.07) is 14.5. The molecule has 7 fully saturated rings. The van der Waals surface area contributed by atoms with E-state index in [0.29, 0.717) is 131 Å². The van der Waals surface area contributed by atoms with Crippen molar-refractivity contribution in [3.8, 4) is 35.1 Å². The number of nitrogens with zero attached hydrogens (tertiary/aromatic N) is 17. The largest absolute Gasteiger partial charge is 0.478 e. The van der Waals surface area contributed by atoms with Crippen LogP contribution < -0.4 is 38.8 Å². The van der Waals surface area contributed by atoms with Gasteiger partial charge in [-0.3, -0.25) is 32.9 Å². The van der Waals surface area contributed by atoms with Crippen molar-refractivity contribution in [1.29, 1.82) is 0 Å². The first-order valence-corrected chi connectivity index (χ1v) is 57.7. The zero-order valence-corrected chi connectivity index (χ0v) is 89.6. The molecule has 0 aromatic carbocycles. The molecule has 10 aromatic heterocycles. The number of H-pyrrole nitrogens is 1. The van der Waals surface area contributed by atoms with Crippen molar-refractivity contribution in [2.75, 3.05) is 44.1 Å². The van der Waals surface area contributed by atoms with Crippen molar-refractivity contribution < 1.29 is 80.0 Å². The van der Waals surface area contributed by atoms with Crippen LogP contribution >= 0.6 is 23.2 Å². The predicted molar refractivity (Wildman–Crippen MR) is 541 cm³/mol. The minimum atomic E-state index is -4.14. The van der Waals surface area contributed by atoms with Gasteiger partial charge in [0.15, 0.2) is 17.5 Å². The molecule has 8 N–H and O–H groups in total. The van der Waals surface area contributed by atoms with Gasteiger partial charge in [-0.1, -0.05) is 85.5 Å². The maximum absolute atomic E-state index is 13.4. The number of pyridine rings is 3. The molecule has 144 heavy (non-hydrogen) atoms. The number of carbonyl (C=O) groups excluding carboxylic acids is 2. The van der Waals surface area contributed by atoms with E-state index in [1.165, 1.54) is 168 Å². The van der Waals surface area contributed by atoms with Gasteiger partial charge in [-0.15, -0.1) is 15.3 Å². The number of hydrogen-bond acceptors (Lipinski definition) is 28. The monoisotopic (exact) mass is 2130 g/mol. The number of fused-ring (bicyclic) bond motifs is 6. The normalized spacial score (nSPS) is 20.4. The number of aromatic carboxylic acids is 1. The van der Waals surface area contributed by atoms with E-state index in [-0.39, 0.29) is 52.1 Å². The molecule has 6 aliphatic carbocycles. The SMILES string of the molecule is CC1(C)CCC(CCCOS(C)(=O)=O)C1.CC1(C)CCC(CCCn2cc(S(=O)(=O)NC(=O)c3ccc(-n4ccc(OCCC5(C)CC5)n4)nc3Cl)cn2)C1.CC1(C)CCC(CCCn2cc(S(N)(=O)=O)cn2)C1.CC1(CCOc2ccn(-c3ccc(C(=O)O)c(Cl)n3)n2)CC1.CC1(CCOc2ccn(-c3ccc4c(n3)N3CC(CCCn5cc(cn5)S(=O)(=O)NC4=O)CC3(C)C)n2)CC1.NS(=O)(=O)c1cn[nH]c1. The Morgan fingerprint density at radius 1 is 0.535 bits per heavy atom. The molecule has 12 heterocycles. The van der Waals surface area contributed by atoms with Gasteiger partial charge >= 0.3 is 5.97 Å². The molecule has 8 aliphatic rings. The molecule has 18 rings (SSSR count). The van der Waals surface area contributed by atoms with Crippen LogP contribution in [0, 0.1) is 56.2 Å². The Bertz CT molecular complexity index is 6700. The fourth-order valence-corrected chi connectivity index (χ4v) is 22.4. The van der Waals surface area contributed by atoms with Crippen molar-refractivity contribution in [2.45, 2.75) is 294 Å². The lowest BCUT2D eigenvalue weighted by Crippen LogP contribution is -2.41. The summed E-state index contributed by atoms with van der Waals surface area (Å²) < 4.78 is 152. The molecule has 0 spiro atoms. The maximum Gasteiger partial charge on any atom is 0.338 e. The molecule has 10 aromatic rings. The molecule has 4 unspecified atom stereocenters. The topological polar surface area (TPSA) is 533 Å². The minimum Gasteiger partial charge on any atom is -0.478 e. The summed E-state index contributed by atoms with van der Waals surface area (Å²) in [6.45, 7) is 29.8. The molecule has 40 nitrogen and oxygen atoms in total. The Hall–Kier alpha value is -10.3. The quantitative estimate of drug-likeness (QED) is 0.0124. The van der Waals surface area contributed by atoms with E-state index in [1.54, 1.807) is 79.8 Å². The molecule has 788 valence electrons. The molecule has 2 aliphatic heterocycles. The van der Waals surface area contributed by atoms with Crippen LogP contribution in [-0.4, -0.2) is 194 Å². The van der Waals surface area contributed by atoms with Crippen molar-refractivity contribution in [1.82, 2.24) is 93.3 Å². The number of halogens is 2. The molecule has 2 amide bonds. The number of aromatic amines is 1. The fraction of sp³-hybridized carbons (Fsp3) is 0.598. The Balaban J connectivity index is 0.000000154. The van der Waals surface area contributed by atoms with Crippen molar-refractivity contribution >= 4 is 97.0 Å². The van der Waals surface area contributed by atoms with Crippen LogP contribution in [0.3, 0.4) is 0 Å². The third-order valence-corrected chi connectivity index (χ3v) is 33.8. The molecule has 0 radical (unpaired) electrons. The molecular formula is C97H138Cl2N22O18S5. The Morgan fingerprint density at radius 2 is 0.986 bits per heavy atom. The van der Waals surface area contributed by atoms with Crippen LogP contribution in [0.4, 0.5) is 5.82 Å². The number of carboxylic acids is 1. The number of amides is 2. The standard InChI is InChI=1S/C28H37ClN6O4S.C27H35N7O4S.C15H16ClN3O3.C13H23N3O2S.C11H22O3S.C3H5N3O2S/c1-27(2)10-8-20(17-27)5-4-14-34-19-21(18-30-34)40(37,38)33-26(36)22-6-7-23(31-25(22)29)35-15-9-24(32-35)39-16-13-28(3)11-12-28;1-26(2)15-19-5-4-12-32-18-20(16-28-32)39(36,37)31-25(35)21-6-7-22(29-24(21)33(26)17-19)34-13-8-23(30-34)38-14-11-27(3)9-10-27;1-15(5-6-15)7-9-22-12-4-8-19(18-12)11-3-2-10(14(20)21)13(16)17-11;1-13(2)6-5-11(8-13)4-3-7-16-10-12(9-15-16)19(14,17)18;1-11(2)7-6-10(9-11)5-4-8-14-15(3,12)13;4-9(7,8)3-1-5-6-2-3/h6-7,9,15,18-20H,4-5,8,10-14,16-17H2,1-3H3,(H,33,36);6-8,13,16,18-19H,4-5,9-12,14-15,17H2,1-3H3,(H,31,35);2-4,8H,5-7,9H2,1H3,(H,20,21);9-11H,3-8H2,1-2H3,(H2,14,17,18);10H,4-9H2,1-3H3;1-2H,(H,5,6)(H2,4,7,8). The van der Waals surface area contributed by atoms with Gasteiger partial charge in [0.1, 0.15) is 35.7 Å². The van der Waals surface area contributed by atoms with Crippen LogP contribution in [0.25, 0.3) is 17.5 Å². The lowest BCUT2D eigenvalue weighted by molar-refractivity contribution is 0.0695. The second kappa shape index (κ2) is 46.0. The van der Waals surface area contributed by atoms with Crippen molar-refractivity contribution in [3.63, 3.8) is 0 Å². The van der Waals surface area contributed by atoms with Gasteiger partial charge < -0.3 is 24.2 Å². The molecule has 1 saturated heterocycles. The van der Waals surface area contributed by atoms with E-state index in [2.05, 4.69) is 141 Å². The number of rotatable bonds is 34. The van der Waals surface area contributed by atoms with Crippen LogP contribution in [0.1, 0.15) is 281 Å². The first-order valence-electron chi connectivity index (χ1n) is 49.1. The number of anilines is 1. The summed E-state index contributed by atoms with van der Waals surface area (Å²) >= 11 is 12.1. The Labute approximate surface area is 854 Å². The van der Waals surface area contributed by atoms with Crippen LogP contribution in [-0.2, 0) is 74.0 Å². The van der Waals surface area contributed by atoms with Gasteiger partial charge in [-0.05, 0) is 280 Å². The number of carbonyl (C=O) groups is 3. The zero-order chi connectivity index (χ0) is 104. The third-order valence-electron chi connectivity index (χ3n) is 28.3. The maximum atomic E-state index is 13.4. The van der Waals surface area contributed by atoms with Crippen LogP contribution in [0.5, 0.6) is 17.6 Å². The second-order valence-corrected chi connectivity index (χ2v) is 52.3. The van der Waals surface area contributed by atoms with Gasteiger partial charge in [-0.2, -0.15) is 28.8 Å². The highest BCUT2D eigenvalue weighted by Gasteiger charge is 2.44. The van der Waals surface area contributed by atoms with Crippen LogP contribution in [0.2, 0.25) is 10.3 Å². The molecule has 4 bridgehead atoms. The van der Waals surface area contributed by atoms with E-state index in [1.807, 2.05) is 0 Å². The summed E-state index contributed by atoms with van der Waals surface area (Å²) in [5, 5.41) is 49.8. The van der Waals surface area contributed by atoms with E-state index >= 15 is 0 Å². The smallest absolute Gasteiger partial charge is 0.338 e. The summed E-state index contributed by atoms with van der Waals surface area (Å²) in [5.41, 5.74) is 2.47. The van der Waals surface area contributed by atoms with Gasteiger partial charge in [0.25, 0.3) is 42.0 Å². The lowest BCUT2D eigenvalue weighted by atomic mass is 9.89. The van der Waals surface area contributed by atoms with Gasteiger partial charge in [0.2, 0.25) is 37.7 Å². The molecule has 47 heteroatoms. The number of hydrogen-bond donors (Lipinski definition) is 6. The number of carboxylic acid groups (broad SMARTS) is 1. The Morgan fingerprint density at radius 3 is 1.40 bits per heavy atom. The summed E-state index contributed by atoms with van der Waals surface area (Å²) in [6.07, 6.45) is 47.9. The van der Waals surface area contributed by atoms with Gasteiger partial charge in [-0.25, -0.2) is 87.2 Å². The number of ether oxygens (including phenoxy) is 3. The second-order valence-electron chi connectivity index (χ2n) is 43.5. The summed E-state index contributed by atoms with van der Waals surface area (Å²) in [4.78, 5) is 52.4. The molecular weight excluding hydrogens is 1990 g/mol. The average Bonchev–Trinajstić information content (AvgIpc) is 1.52. The molecule has 4 atom stereocenters. The van der Waals surface area contributed by atoms with E-state index in [9.17, 15) is 56.5 Å². The number of nitrogens with two attached hydrogens (primary N) is 2. The highest BCUT2D eigenvalue weighted by Crippen LogP contribution is 2.51. The van der Waals surface area contributed by atoms with Crippen molar-refractivity contribution in [3.05, 3.63) is 150 Å². The number of aromatic nitrogens is 17. The number of sulfonamides is 4. The van der Waals surface area contributed by atoms with Gasteiger partial charge in [0.05, 0.1) is 74.2 Å². The van der Waals surface area contributed by atoms with Crippen molar-refractivity contribution in [2.24, 2.45) is 66.4 Å². The lowest BCUT2D eigenvalue weighted by Gasteiger charge is -2.34. The number of nitrogens with one attached hydrogen (secondary N) is 3. The predicted octanol–water partition coefficient (Wildman–Crippen LogP) is 15.9. The van der Waals surface area contributed by atoms with Crippen LogP contribution in [0.15, 0.2) is 142 Å². The summed E-state index contributed by atoms with van der Waals surface area (Å²) in [5.74, 6) is 3.27. The summed E-state index contributed by atoms with van der Waals surface area (Å²) in [7, 11) is -18.7. The van der Waals surface area contributed by atoms with Gasteiger partial charge in [0, 0.05) is 93.3 Å². The van der Waals surface area contributed by atoms with E-state index < -0.39 is 68.0 Å². The Kier molecular flexibility index (Phi) is 35.5. The highest BCUT2D eigenvalue weighted by molar-refractivity contribution is 7.90. The first-order chi connectivity index (χ1) is 67.5. The number of aryl methyl sites for hydroxylation is 3. The fourth-order valence-electron chi connectivity index (χ4n) is 18.8. The molecule has 6 saturated carbocycles. The highest BCUT2D eigenvalue weighted by atomic mass is 35.5. The third kappa shape index (κ3) is 32.9. The van der Waals surface area contributed by atoms with E-state index in [4.69, 9.17) is 62.0 Å². The average molecular weight is 2130 g/mol. The first kappa shape index (κ1) is 111. The minimum absolute atomic E-state index is 0.00231. The number of primary sulfonamides is 2. The zero-order valence-electron chi connectivity index (χ0n) is 84.0.